The summed E-state index contributed by atoms with van der Waals surface area (Å²) in [7, 11) is -3.16. The van der Waals surface area contributed by atoms with Crippen molar-refractivity contribution in [2.75, 3.05) is 0 Å². The summed E-state index contributed by atoms with van der Waals surface area (Å²) in [6.45, 7) is 0. The van der Waals surface area contributed by atoms with Crippen molar-refractivity contribution in [3.05, 3.63) is 297 Å². The van der Waals surface area contributed by atoms with Gasteiger partial charge in [-0.3, -0.25) is 0 Å². The summed E-state index contributed by atoms with van der Waals surface area (Å²) in [4.78, 5) is 0. The molecule has 0 aliphatic rings. The summed E-state index contributed by atoms with van der Waals surface area (Å²) in [6, 6.07) is 111. The molecule has 0 spiro atoms. The van der Waals surface area contributed by atoms with Gasteiger partial charge in [0.2, 0.25) is 0 Å². The Kier molecular flexibility index (Phi) is 10.2. The van der Waals surface area contributed by atoms with E-state index in [9.17, 15) is 0 Å². The smallest absolute Gasteiger partial charge is 0.181 e. The molecule has 0 saturated heterocycles. The number of rotatable bonds is 9. The Hall–Kier alpha value is -9.74. The summed E-state index contributed by atoms with van der Waals surface area (Å²) in [6.07, 6.45) is 0. The highest BCUT2D eigenvalue weighted by atomic mass is 28.3. The van der Waals surface area contributed by atoms with E-state index in [0.29, 0.717) is 0 Å². The highest BCUT2D eigenvalue weighted by Crippen LogP contribution is 2.46. The third kappa shape index (κ3) is 6.54. The Bertz CT molecular complexity index is 4520. The maximum Gasteiger partial charge on any atom is 0.181 e. The van der Waals surface area contributed by atoms with Crippen molar-refractivity contribution in [2.45, 2.75) is 0 Å². The van der Waals surface area contributed by atoms with Crippen molar-refractivity contribution >= 4 is 94.2 Å². The minimum Gasteiger partial charge on any atom is -0.309 e. The predicted octanol–water partition coefficient (Wildman–Crippen LogP) is 15.7. The average Bonchev–Trinajstić information content (AvgIpc) is 4.25. The number of fused-ring (bicyclic) bond motifs is 9. The number of hydrogen-bond acceptors (Lipinski definition) is 0. The van der Waals surface area contributed by atoms with E-state index in [1.165, 1.54) is 91.9 Å². The van der Waals surface area contributed by atoms with Crippen molar-refractivity contribution in [1.29, 1.82) is 0 Å². The van der Waals surface area contributed by atoms with Gasteiger partial charge in [0.25, 0.3) is 0 Å². The van der Waals surface area contributed by atoms with Crippen LogP contribution >= 0.6 is 0 Å². The largest absolute Gasteiger partial charge is 0.309 e. The molecular formula is C72H49N3Si. The number of para-hydroxylation sites is 5. The lowest BCUT2D eigenvalue weighted by molar-refractivity contribution is 1.13. The van der Waals surface area contributed by atoms with Gasteiger partial charge in [-0.2, -0.15) is 0 Å². The summed E-state index contributed by atoms with van der Waals surface area (Å²) in [5, 5.41) is 12.6. The van der Waals surface area contributed by atoms with E-state index in [0.717, 1.165) is 33.6 Å². The molecule has 0 N–H and O–H groups in total. The number of nitrogens with zero attached hydrogens (tertiary/aromatic N) is 3. The topological polar surface area (TPSA) is 14.8 Å². The van der Waals surface area contributed by atoms with Crippen LogP contribution in [0.5, 0.6) is 0 Å². The molecular weight excluding hydrogens is 935 g/mol. The van der Waals surface area contributed by atoms with Crippen LogP contribution in [0.2, 0.25) is 0 Å². The van der Waals surface area contributed by atoms with E-state index >= 15 is 0 Å². The summed E-state index contributed by atoms with van der Waals surface area (Å²) in [5.74, 6) is 0. The first kappa shape index (κ1) is 43.8. The number of benzene rings is 12. The van der Waals surface area contributed by atoms with Crippen molar-refractivity contribution in [3.63, 3.8) is 0 Å². The lowest BCUT2D eigenvalue weighted by atomic mass is 9.98. The zero-order chi connectivity index (χ0) is 50.2. The molecule has 12 aromatic carbocycles. The fraction of sp³-hybridized carbons (Fsp3) is 0. The van der Waals surface area contributed by atoms with E-state index in [2.05, 4.69) is 311 Å². The van der Waals surface area contributed by atoms with Gasteiger partial charge < -0.3 is 13.7 Å². The molecule has 0 aliphatic heterocycles. The van der Waals surface area contributed by atoms with Gasteiger partial charge in [-0.1, -0.05) is 249 Å². The molecule has 0 radical (unpaired) electrons. The summed E-state index contributed by atoms with van der Waals surface area (Å²) < 4.78 is 7.68. The zero-order valence-corrected chi connectivity index (χ0v) is 42.6. The maximum atomic E-state index is 2.66. The van der Waals surface area contributed by atoms with Crippen LogP contribution in [0.1, 0.15) is 0 Å². The normalized spacial score (nSPS) is 11.9. The van der Waals surface area contributed by atoms with Crippen LogP contribution in [0, 0.1) is 0 Å². The molecule has 0 atom stereocenters. The minimum atomic E-state index is -3.16. The molecule has 15 rings (SSSR count). The van der Waals surface area contributed by atoms with Crippen LogP contribution in [0.4, 0.5) is 0 Å². The summed E-state index contributed by atoms with van der Waals surface area (Å²) in [5.41, 5.74) is 15.1. The number of hydrogen-bond donors (Lipinski definition) is 0. The Morgan fingerprint density at radius 2 is 0.697 bits per heavy atom. The molecule has 0 unspecified atom stereocenters. The maximum absolute atomic E-state index is 3.16. The Labute approximate surface area is 442 Å². The fourth-order valence-electron chi connectivity index (χ4n) is 12.9. The molecule has 3 heterocycles. The SMILES string of the molecule is c1ccc(-c2ccccc2-n2c3ccccc3c3c(-c4ccccc4)ccc(-n4c5ccc(-n6c7ccccc7c7ccccc76)cc5c5cccc([Si](c6ccccc6)(c6ccccc6)c6ccccc6)c54)c32)cc1. The lowest BCUT2D eigenvalue weighted by Crippen LogP contribution is -2.75. The van der Waals surface area contributed by atoms with Gasteiger partial charge >= 0.3 is 0 Å². The summed E-state index contributed by atoms with van der Waals surface area (Å²) >= 11 is 0. The van der Waals surface area contributed by atoms with Crippen LogP contribution < -0.4 is 20.7 Å². The molecule has 0 fully saturated rings. The standard InChI is InChI=1S/C72H49N3Si/c1-6-25-50(26-7-1)56-35-16-20-40-63(56)74-66-43-23-19-38-61(66)70-57(51-27-8-2-9-28-51)46-48-68(72(70)74)75-67-47-45-52(73-64-41-21-17-36-58(64)59-37-18-22-42-65(59)73)49-62(67)60-39-24-44-69(71(60)75)76(53-29-10-3-11-30-53,54-31-12-4-13-32-54)55-33-14-5-15-34-55/h1-49H. The van der Waals surface area contributed by atoms with Gasteiger partial charge in [0.1, 0.15) is 0 Å². The van der Waals surface area contributed by atoms with Crippen LogP contribution in [-0.2, 0) is 0 Å². The molecule has 3 aromatic heterocycles. The molecule has 15 aromatic rings. The average molecular weight is 984 g/mol. The van der Waals surface area contributed by atoms with E-state index in [1.54, 1.807) is 0 Å². The van der Waals surface area contributed by atoms with Gasteiger partial charge in [0.15, 0.2) is 8.07 Å². The van der Waals surface area contributed by atoms with Crippen molar-refractivity contribution in [1.82, 2.24) is 13.7 Å². The lowest BCUT2D eigenvalue weighted by Gasteiger charge is -2.35. The second kappa shape index (κ2) is 17.7. The van der Waals surface area contributed by atoms with Crippen LogP contribution in [-0.4, -0.2) is 21.8 Å². The molecule has 76 heavy (non-hydrogen) atoms. The predicted molar refractivity (Wildman–Crippen MR) is 324 cm³/mol. The van der Waals surface area contributed by atoms with Crippen molar-refractivity contribution < 1.29 is 0 Å². The second-order valence-corrected chi connectivity index (χ2v) is 23.7. The third-order valence-corrected chi connectivity index (χ3v) is 20.8. The molecule has 0 saturated carbocycles. The van der Waals surface area contributed by atoms with Crippen LogP contribution in [0.3, 0.4) is 0 Å². The van der Waals surface area contributed by atoms with Crippen LogP contribution in [0.15, 0.2) is 297 Å². The quantitative estimate of drug-likeness (QED) is 0.101. The third-order valence-electron chi connectivity index (χ3n) is 16.0. The van der Waals surface area contributed by atoms with Crippen molar-refractivity contribution in [3.8, 4) is 39.3 Å². The zero-order valence-electron chi connectivity index (χ0n) is 41.6. The highest BCUT2D eigenvalue weighted by Gasteiger charge is 2.43. The van der Waals surface area contributed by atoms with E-state index in [1.807, 2.05) is 0 Å². The van der Waals surface area contributed by atoms with Gasteiger partial charge in [-0.05, 0) is 86.0 Å². The van der Waals surface area contributed by atoms with E-state index in [4.69, 9.17) is 0 Å². The fourth-order valence-corrected chi connectivity index (χ4v) is 17.8. The van der Waals surface area contributed by atoms with Gasteiger partial charge in [0, 0.05) is 43.6 Å². The Morgan fingerprint density at radius 3 is 1.29 bits per heavy atom. The van der Waals surface area contributed by atoms with Gasteiger partial charge in [0.05, 0.1) is 44.5 Å². The van der Waals surface area contributed by atoms with E-state index in [-0.39, 0.29) is 0 Å². The highest BCUT2D eigenvalue weighted by molar-refractivity contribution is 7.20. The second-order valence-electron chi connectivity index (χ2n) is 19.9. The number of aromatic nitrogens is 3. The molecule has 0 amide bonds. The van der Waals surface area contributed by atoms with E-state index < -0.39 is 8.07 Å². The Balaban J connectivity index is 1.16. The molecule has 4 heteroatoms. The first-order valence-corrected chi connectivity index (χ1v) is 28.3. The van der Waals surface area contributed by atoms with Gasteiger partial charge in [-0.25, -0.2) is 0 Å². The molecule has 3 nitrogen and oxygen atoms in total. The Morgan fingerprint density at radius 1 is 0.250 bits per heavy atom. The molecule has 356 valence electrons. The van der Waals surface area contributed by atoms with Gasteiger partial charge in [-0.15, -0.1) is 0 Å². The monoisotopic (exact) mass is 983 g/mol. The first-order chi connectivity index (χ1) is 37.8. The molecule has 0 bridgehead atoms. The van der Waals surface area contributed by atoms with Crippen LogP contribution in [0.25, 0.3) is 105 Å². The first-order valence-electron chi connectivity index (χ1n) is 26.3. The minimum absolute atomic E-state index is 1.11. The molecule has 0 aliphatic carbocycles. The van der Waals surface area contributed by atoms with Crippen molar-refractivity contribution in [2.24, 2.45) is 0 Å².